The highest BCUT2D eigenvalue weighted by molar-refractivity contribution is 7.89. The fourth-order valence-electron chi connectivity index (χ4n) is 1.25. The summed E-state index contributed by atoms with van der Waals surface area (Å²) < 4.78 is 30.8. The first-order valence-electron chi connectivity index (χ1n) is 5.05. The van der Waals surface area contributed by atoms with Gasteiger partial charge in [0, 0.05) is 13.2 Å². The summed E-state index contributed by atoms with van der Waals surface area (Å²) >= 11 is 0. The van der Waals surface area contributed by atoms with Crippen molar-refractivity contribution in [3.63, 3.8) is 0 Å². The van der Waals surface area contributed by atoms with Gasteiger partial charge in [-0.2, -0.15) is 0 Å². The molecule has 1 rings (SSSR count). The predicted molar refractivity (Wildman–Crippen MR) is 64.3 cm³/mol. The van der Waals surface area contributed by atoms with Crippen molar-refractivity contribution < 1.29 is 18.3 Å². The molecule has 0 unspecified atom stereocenters. The van der Waals surface area contributed by atoms with Gasteiger partial charge in [0.15, 0.2) is 0 Å². The van der Waals surface area contributed by atoms with Crippen molar-refractivity contribution in [1.82, 2.24) is 4.72 Å². The molecular weight excluding hydrogens is 244 g/mol. The molecule has 6 nitrogen and oxygen atoms in total. The first kappa shape index (κ1) is 13.8. The Labute approximate surface area is 100 Å². The van der Waals surface area contributed by atoms with Crippen molar-refractivity contribution in [2.75, 3.05) is 26.0 Å². The zero-order valence-corrected chi connectivity index (χ0v) is 10.3. The summed E-state index contributed by atoms with van der Waals surface area (Å²) in [7, 11) is -2.12. The van der Waals surface area contributed by atoms with Crippen molar-refractivity contribution in [3.05, 3.63) is 18.2 Å². The van der Waals surface area contributed by atoms with Gasteiger partial charge in [0.2, 0.25) is 10.0 Å². The van der Waals surface area contributed by atoms with Gasteiger partial charge in [-0.05, 0) is 24.6 Å². The van der Waals surface area contributed by atoms with Gasteiger partial charge in [-0.25, -0.2) is 13.1 Å². The highest BCUT2D eigenvalue weighted by Gasteiger charge is 2.14. The lowest BCUT2D eigenvalue weighted by atomic mass is 10.3. The number of hydrogen-bond acceptors (Lipinski definition) is 5. The van der Waals surface area contributed by atoms with Crippen LogP contribution in [0, 0.1) is 0 Å². The Kier molecular flexibility index (Phi) is 4.73. The van der Waals surface area contributed by atoms with E-state index < -0.39 is 10.0 Å². The van der Waals surface area contributed by atoms with E-state index in [1.165, 1.54) is 25.3 Å². The largest absolute Gasteiger partial charge is 0.495 e. The van der Waals surface area contributed by atoms with Crippen molar-refractivity contribution in [2.24, 2.45) is 0 Å². The third-order valence-electron chi connectivity index (χ3n) is 2.14. The number of benzene rings is 1. The van der Waals surface area contributed by atoms with Gasteiger partial charge in [-0.3, -0.25) is 0 Å². The maximum Gasteiger partial charge on any atom is 0.240 e. The second-order valence-electron chi connectivity index (χ2n) is 3.38. The summed E-state index contributed by atoms with van der Waals surface area (Å²) in [6.07, 6.45) is 0.366. The first-order chi connectivity index (χ1) is 8.01. The number of nitrogens with two attached hydrogens (primary N) is 1. The van der Waals surface area contributed by atoms with Crippen LogP contribution in [0.2, 0.25) is 0 Å². The van der Waals surface area contributed by atoms with E-state index in [0.717, 1.165) is 0 Å². The second-order valence-corrected chi connectivity index (χ2v) is 5.15. The lowest BCUT2D eigenvalue weighted by molar-refractivity contribution is 0.289. The van der Waals surface area contributed by atoms with Crippen molar-refractivity contribution >= 4 is 15.7 Å². The van der Waals surface area contributed by atoms with E-state index in [9.17, 15) is 8.42 Å². The highest BCUT2D eigenvalue weighted by Crippen LogP contribution is 2.24. The second kappa shape index (κ2) is 5.85. The van der Waals surface area contributed by atoms with Crippen LogP contribution in [0.15, 0.2) is 23.1 Å². The highest BCUT2D eigenvalue weighted by atomic mass is 32.2. The zero-order chi connectivity index (χ0) is 12.9. The minimum absolute atomic E-state index is 0.0622. The van der Waals surface area contributed by atoms with E-state index in [1.807, 2.05) is 0 Å². The number of aliphatic hydroxyl groups excluding tert-OH is 1. The molecule has 4 N–H and O–H groups in total. The summed E-state index contributed by atoms with van der Waals surface area (Å²) in [5.41, 5.74) is 5.89. The SMILES string of the molecule is COc1ccc(S(=O)(=O)NCCCO)cc1N. The van der Waals surface area contributed by atoms with Crippen LogP contribution in [0.1, 0.15) is 6.42 Å². The minimum atomic E-state index is -3.58. The van der Waals surface area contributed by atoms with Crippen LogP contribution in [0.25, 0.3) is 0 Å². The maximum atomic E-state index is 11.8. The van der Waals surface area contributed by atoms with Crippen LogP contribution in [0.3, 0.4) is 0 Å². The fraction of sp³-hybridized carbons (Fsp3) is 0.400. The standard InChI is InChI=1S/C10H16N2O4S/c1-16-10-4-3-8(7-9(10)11)17(14,15)12-5-2-6-13/h3-4,7,12-13H,2,5-6,11H2,1H3. The van der Waals surface area contributed by atoms with Gasteiger partial charge in [-0.1, -0.05) is 0 Å². The molecule has 0 aliphatic carbocycles. The Hall–Kier alpha value is -1.31. The average molecular weight is 260 g/mol. The molecule has 1 aromatic rings. The average Bonchev–Trinajstić information content (AvgIpc) is 2.29. The molecule has 0 fully saturated rings. The van der Waals surface area contributed by atoms with E-state index in [-0.39, 0.29) is 23.7 Å². The number of anilines is 1. The zero-order valence-electron chi connectivity index (χ0n) is 9.51. The monoisotopic (exact) mass is 260 g/mol. The molecule has 0 aliphatic heterocycles. The maximum absolute atomic E-state index is 11.8. The molecule has 17 heavy (non-hydrogen) atoms. The molecule has 0 saturated carbocycles. The van der Waals surface area contributed by atoms with E-state index in [2.05, 4.69) is 4.72 Å². The Morgan fingerprint density at radius 1 is 1.47 bits per heavy atom. The van der Waals surface area contributed by atoms with Crippen molar-refractivity contribution in [3.8, 4) is 5.75 Å². The molecule has 96 valence electrons. The van der Waals surface area contributed by atoms with Gasteiger partial charge in [-0.15, -0.1) is 0 Å². The molecular formula is C10H16N2O4S. The first-order valence-corrected chi connectivity index (χ1v) is 6.53. The molecule has 0 bridgehead atoms. The number of aliphatic hydroxyl groups is 1. The number of nitrogens with one attached hydrogen (secondary N) is 1. The lowest BCUT2D eigenvalue weighted by Crippen LogP contribution is -2.25. The number of rotatable bonds is 6. The predicted octanol–water partition coefficient (Wildman–Crippen LogP) is -0.0619. The molecule has 0 aromatic heterocycles. The smallest absolute Gasteiger partial charge is 0.240 e. The Morgan fingerprint density at radius 3 is 2.71 bits per heavy atom. The summed E-state index contributed by atoms with van der Waals surface area (Å²) in [4.78, 5) is 0.0775. The normalized spacial score (nSPS) is 11.4. The minimum Gasteiger partial charge on any atom is -0.495 e. The van der Waals surface area contributed by atoms with Gasteiger partial charge in [0.05, 0.1) is 17.7 Å². The van der Waals surface area contributed by atoms with Crippen molar-refractivity contribution in [1.29, 1.82) is 0 Å². The number of ether oxygens (including phenoxy) is 1. The van der Waals surface area contributed by atoms with Gasteiger partial charge < -0.3 is 15.6 Å². The lowest BCUT2D eigenvalue weighted by Gasteiger charge is -2.09. The van der Waals surface area contributed by atoms with Crippen LogP contribution in [0.4, 0.5) is 5.69 Å². The van der Waals surface area contributed by atoms with E-state index in [0.29, 0.717) is 12.2 Å². The molecule has 0 saturated heterocycles. The van der Waals surface area contributed by atoms with Crippen LogP contribution < -0.4 is 15.2 Å². The van der Waals surface area contributed by atoms with Gasteiger partial charge in [0.25, 0.3) is 0 Å². The summed E-state index contributed by atoms with van der Waals surface area (Å²) in [5, 5.41) is 8.57. The molecule has 7 heteroatoms. The molecule has 0 radical (unpaired) electrons. The fourth-order valence-corrected chi connectivity index (χ4v) is 2.36. The molecule has 0 atom stereocenters. The third kappa shape index (κ3) is 3.58. The molecule has 0 spiro atoms. The van der Waals surface area contributed by atoms with Crippen LogP contribution in [-0.2, 0) is 10.0 Å². The number of nitrogen functional groups attached to an aromatic ring is 1. The van der Waals surface area contributed by atoms with Crippen LogP contribution in [0.5, 0.6) is 5.75 Å². The summed E-state index contributed by atoms with van der Waals surface area (Å²) in [6, 6.07) is 4.24. The Balaban J connectivity index is 2.88. The van der Waals surface area contributed by atoms with Gasteiger partial charge in [0.1, 0.15) is 5.75 Å². The van der Waals surface area contributed by atoms with E-state index in [1.54, 1.807) is 0 Å². The van der Waals surface area contributed by atoms with Crippen LogP contribution in [-0.4, -0.2) is 33.8 Å². The van der Waals surface area contributed by atoms with Gasteiger partial charge >= 0.3 is 0 Å². The molecule has 0 amide bonds. The summed E-state index contributed by atoms with van der Waals surface area (Å²) in [6.45, 7) is 0.123. The summed E-state index contributed by atoms with van der Waals surface area (Å²) in [5.74, 6) is 0.430. The quantitative estimate of drug-likeness (QED) is 0.491. The van der Waals surface area contributed by atoms with Crippen LogP contribution >= 0.6 is 0 Å². The van der Waals surface area contributed by atoms with Crippen molar-refractivity contribution in [2.45, 2.75) is 11.3 Å². The molecule has 0 heterocycles. The Morgan fingerprint density at radius 2 is 2.18 bits per heavy atom. The topological polar surface area (TPSA) is 102 Å². The Bertz CT molecular complexity index is 473. The number of sulfonamides is 1. The van der Waals surface area contributed by atoms with E-state index >= 15 is 0 Å². The van der Waals surface area contributed by atoms with E-state index in [4.69, 9.17) is 15.6 Å². The number of hydrogen-bond donors (Lipinski definition) is 3. The molecule has 0 aliphatic rings. The third-order valence-corrected chi connectivity index (χ3v) is 3.60. The molecule has 1 aromatic carbocycles. The number of methoxy groups -OCH3 is 1.